The summed E-state index contributed by atoms with van der Waals surface area (Å²) in [6.07, 6.45) is -2.50. The van der Waals surface area contributed by atoms with Crippen LogP contribution in [-0.4, -0.2) is 54.6 Å². The van der Waals surface area contributed by atoms with Gasteiger partial charge in [-0.25, -0.2) is 14.4 Å². The standard InChI is InChI=1S/C28H34N2O8/c1-6-35-23(31)21-20-19(37-25(33)29-18-14-10-12-16-11-8-9-13-17(16)18)15-28(22(20)21,24(32)36-7-2)30-26(34)38-27(3,4)5/h8-14,19-22H,6-7,15H2,1-5H3,(H,29,33)(H,30,34)/t19?,20?,21-,22?,28?/m0/s1. The Bertz CT molecular complexity index is 1230. The van der Waals surface area contributed by atoms with Crippen molar-refractivity contribution in [3.63, 3.8) is 0 Å². The number of fused-ring (bicyclic) bond motifs is 2. The van der Waals surface area contributed by atoms with E-state index < -0.39 is 59.1 Å². The lowest BCUT2D eigenvalue weighted by molar-refractivity contribution is -0.154. The summed E-state index contributed by atoms with van der Waals surface area (Å²) in [5.74, 6) is -3.20. The van der Waals surface area contributed by atoms with Crippen molar-refractivity contribution in [3.8, 4) is 0 Å². The van der Waals surface area contributed by atoms with E-state index in [1.54, 1.807) is 40.7 Å². The first-order valence-corrected chi connectivity index (χ1v) is 12.8. The predicted molar refractivity (Wildman–Crippen MR) is 138 cm³/mol. The molecule has 0 heterocycles. The number of alkyl carbamates (subject to hydrolysis) is 1. The molecule has 2 N–H and O–H groups in total. The lowest BCUT2D eigenvalue weighted by Gasteiger charge is -2.33. The van der Waals surface area contributed by atoms with Crippen LogP contribution < -0.4 is 10.6 Å². The lowest BCUT2D eigenvalue weighted by atomic mass is 9.89. The van der Waals surface area contributed by atoms with Crippen LogP contribution in [0.4, 0.5) is 15.3 Å². The first-order chi connectivity index (χ1) is 18.0. The van der Waals surface area contributed by atoms with Crippen molar-refractivity contribution in [2.75, 3.05) is 18.5 Å². The van der Waals surface area contributed by atoms with Crippen LogP contribution >= 0.6 is 0 Å². The summed E-state index contributed by atoms with van der Waals surface area (Å²) in [6, 6.07) is 13.1. The Morgan fingerprint density at radius 3 is 2.32 bits per heavy atom. The van der Waals surface area contributed by atoms with E-state index in [2.05, 4.69) is 10.6 Å². The molecule has 4 unspecified atom stereocenters. The van der Waals surface area contributed by atoms with Crippen LogP contribution in [0.15, 0.2) is 42.5 Å². The fourth-order valence-electron chi connectivity index (χ4n) is 5.45. The van der Waals surface area contributed by atoms with Gasteiger partial charge in [-0.2, -0.15) is 0 Å². The van der Waals surface area contributed by atoms with Gasteiger partial charge in [0.05, 0.1) is 24.8 Å². The largest absolute Gasteiger partial charge is 0.466 e. The van der Waals surface area contributed by atoms with Gasteiger partial charge < -0.3 is 24.3 Å². The van der Waals surface area contributed by atoms with Gasteiger partial charge in [0, 0.05) is 23.6 Å². The minimum Gasteiger partial charge on any atom is -0.466 e. The maximum atomic E-state index is 13.3. The normalized spacial score (nSPS) is 25.6. The second-order valence-electron chi connectivity index (χ2n) is 10.5. The highest BCUT2D eigenvalue weighted by atomic mass is 16.6. The second kappa shape index (κ2) is 10.5. The third-order valence-electron chi connectivity index (χ3n) is 6.80. The van der Waals surface area contributed by atoms with Gasteiger partial charge in [-0.15, -0.1) is 0 Å². The number of esters is 2. The first kappa shape index (κ1) is 27.2. The van der Waals surface area contributed by atoms with Crippen molar-refractivity contribution in [1.82, 2.24) is 5.32 Å². The highest BCUT2D eigenvalue weighted by Crippen LogP contribution is 2.64. The van der Waals surface area contributed by atoms with E-state index >= 15 is 0 Å². The number of nitrogens with one attached hydrogen (secondary N) is 2. The summed E-state index contributed by atoms with van der Waals surface area (Å²) < 4.78 is 21.7. The van der Waals surface area contributed by atoms with Crippen LogP contribution in [0, 0.1) is 17.8 Å². The number of carbonyl (C=O) groups is 4. The Morgan fingerprint density at radius 2 is 1.63 bits per heavy atom. The fourth-order valence-corrected chi connectivity index (χ4v) is 5.45. The van der Waals surface area contributed by atoms with Gasteiger partial charge in [0.1, 0.15) is 17.2 Å². The van der Waals surface area contributed by atoms with Gasteiger partial charge in [0.25, 0.3) is 0 Å². The molecule has 10 nitrogen and oxygen atoms in total. The number of benzene rings is 2. The lowest BCUT2D eigenvalue weighted by Crippen LogP contribution is -2.58. The number of anilines is 1. The molecule has 0 spiro atoms. The molecule has 2 aliphatic carbocycles. The Hall–Kier alpha value is -3.82. The molecule has 0 bridgehead atoms. The molecular weight excluding hydrogens is 492 g/mol. The van der Waals surface area contributed by atoms with Crippen LogP contribution in [0.25, 0.3) is 10.8 Å². The monoisotopic (exact) mass is 526 g/mol. The maximum Gasteiger partial charge on any atom is 0.411 e. The molecule has 0 saturated heterocycles. The zero-order chi connectivity index (χ0) is 27.7. The minimum atomic E-state index is -1.62. The molecule has 38 heavy (non-hydrogen) atoms. The van der Waals surface area contributed by atoms with E-state index in [1.165, 1.54) is 0 Å². The van der Waals surface area contributed by atoms with E-state index in [4.69, 9.17) is 18.9 Å². The molecular formula is C28H34N2O8. The number of hydrogen-bond donors (Lipinski definition) is 2. The van der Waals surface area contributed by atoms with E-state index in [1.807, 2.05) is 36.4 Å². The Balaban J connectivity index is 1.60. The molecule has 2 aliphatic rings. The zero-order valence-corrected chi connectivity index (χ0v) is 22.2. The fraction of sp³-hybridized carbons (Fsp3) is 0.500. The van der Waals surface area contributed by atoms with Crippen molar-refractivity contribution in [2.45, 2.75) is 58.3 Å². The van der Waals surface area contributed by atoms with Crippen molar-refractivity contribution in [3.05, 3.63) is 42.5 Å². The molecule has 0 aliphatic heterocycles. The number of amides is 2. The van der Waals surface area contributed by atoms with Gasteiger partial charge in [-0.3, -0.25) is 10.1 Å². The second-order valence-corrected chi connectivity index (χ2v) is 10.5. The van der Waals surface area contributed by atoms with Crippen molar-refractivity contribution in [1.29, 1.82) is 0 Å². The smallest absolute Gasteiger partial charge is 0.411 e. The summed E-state index contributed by atoms with van der Waals surface area (Å²) >= 11 is 0. The van der Waals surface area contributed by atoms with Crippen LogP contribution in [-0.2, 0) is 28.5 Å². The maximum absolute atomic E-state index is 13.3. The molecule has 5 atom stereocenters. The SMILES string of the molecule is CCOC(=O)[C@H]1C2C(OC(=O)Nc3cccc4ccccc34)CC(NC(=O)OC(C)(C)C)(C(=O)OCC)C21. The molecule has 0 radical (unpaired) electrons. The predicted octanol–water partition coefficient (Wildman–Crippen LogP) is 4.41. The number of ether oxygens (including phenoxy) is 4. The number of hydrogen-bond acceptors (Lipinski definition) is 8. The van der Waals surface area contributed by atoms with Crippen molar-refractivity contribution in [2.24, 2.45) is 17.8 Å². The summed E-state index contributed by atoms with van der Waals surface area (Å²) in [5.41, 5.74) is -1.88. The van der Waals surface area contributed by atoms with Crippen molar-refractivity contribution < 1.29 is 38.1 Å². The third kappa shape index (κ3) is 5.39. The molecule has 10 heteroatoms. The average molecular weight is 527 g/mol. The third-order valence-corrected chi connectivity index (χ3v) is 6.80. The zero-order valence-electron chi connectivity index (χ0n) is 22.2. The molecule has 204 valence electrons. The van der Waals surface area contributed by atoms with E-state index in [-0.39, 0.29) is 19.6 Å². The van der Waals surface area contributed by atoms with Gasteiger partial charge >= 0.3 is 24.1 Å². The first-order valence-electron chi connectivity index (χ1n) is 12.8. The van der Waals surface area contributed by atoms with Gasteiger partial charge in [0.15, 0.2) is 0 Å². The van der Waals surface area contributed by atoms with Crippen LogP contribution in [0.1, 0.15) is 41.0 Å². The van der Waals surface area contributed by atoms with Gasteiger partial charge in [0.2, 0.25) is 0 Å². The average Bonchev–Trinajstić information content (AvgIpc) is 3.52. The molecule has 2 saturated carbocycles. The molecule has 2 aromatic carbocycles. The van der Waals surface area contributed by atoms with Crippen LogP contribution in [0.2, 0.25) is 0 Å². The van der Waals surface area contributed by atoms with E-state index in [9.17, 15) is 19.2 Å². The van der Waals surface area contributed by atoms with E-state index in [0.717, 1.165) is 10.8 Å². The molecule has 0 aromatic heterocycles. The quantitative estimate of drug-likeness (QED) is 0.401. The minimum absolute atomic E-state index is 0.0606. The summed E-state index contributed by atoms with van der Waals surface area (Å²) in [5, 5.41) is 7.22. The van der Waals surface area contributed by atoms with E-state index in [0.29, 0.717) is 5.69 Å². The molecule has 2 fully saturated rings. The van der Waals surface area contributed by atoms with Crippen LogP contribution in [0.5, 0.6) is 0 Å². The molecule has 4 rings (SSSR count). The summed E-state index contributed by atoms with van der Waals surface area (Å²) in [7, 11) is 0. The number of rotatable bonds is 7. The topological polar surface area (TPSA) is 129 Å². The summed E-state index contributed by atoms with van der Waals surface area (Å²) in [4.78, 5) is 51.9. The summed E-state index contributed by atoms with van der Waals surface area (Å²) in [6.45, 7) is 8.63. The Kier molecular flexibility index (Phi) is 7.53. The highest BCUT2D eigenvalue weighted by molar-refractivity contribution is 6.00. The molecule has 2 amide bonds. The van der Waals surface area contributed by atoms with Gasteiger partial charge in [-0.1, -0.05) is 36.4 Å². The Labute approximate surface area is 221 Å². The number of carbonyl (C=O) groups excluding carboxylic acids is 4. The van der Waals surface area contributed by atoms with Crippen LogP contribution in [0.3, 0.4) is 0 Å². The van der Waals surface area contributed by atoms with Crippen molar-refractivity contribution >= 4 is 40.6 Å². The Morgan fingerprint density at radius 1 is 0.947 bits per heavy atom. The highest BCUT2D eigenvalue weighted by Gasteiger charge is 2.77. The molecule has 2 aromatic rings. The van der Waals surface area contributed by atoms with Gasteiger partial charge in [-0.05, 0) is 46.1 Å².